The van der Waals surface area contributed by atoms with E-state index in [1.165, 1.54) is 18.2 Å². The second-order valence-corrected chi connectivity index (χ2v) is 5.59. The third kappa shape index (κ3) is 2.65. The van der Waals surface area contributed by atoms with Crippen LogP contribution in [0.4, 0.5) is 0 Å². The lowest BCUT2D eigenvalue weighted by molar-refractivity contribution is -0.145. The number of likely N-dealkylation sites (tertiary alicyclic amines) is 1. The minimum Gasteiger partial charge on any atom is -0.467 e. The summed E-state index contributed by atoms with van der Waals surface area (Å²) in [6.07, 6.45) is 2.53. The smallest absolute Gasteiger partial charge is 0.328 e. The monoisotopic (exact) mass is 288 g/mol. The largest absolute Gasteiger partial charge is 0.467 e. The van der Waals surface area contributed by atoms with Gasteiger partial charge in [-0.05, 0) is 49.1 Å². The highest BCUT2D eigenvalue weighted by atomic mass is 16.5. The Morgan fingerprint density at radius 2 is 2.19 bits per heavy atom. The van der Waals surface area contributed by atoms with Crippen molar-refractivity contribution in [2.24, 2.45) is 0 Å². The van der Waals surface area contributed by atoms with E-state index in [9.17, 15) is 9.59 Å². The highest BCUT2D eigenvalue weighted by molar-refractivity contribution is 5.97. The Morgan fingerprint density at radius 1 is 1.33 bits per heavy atom. The number of carbonyl (C=O) groups excluding carboxylic acids is 2. The molecule has 2 aliphatic rings. The van der Waals surface area contributed by atoms with Crippen LogP contribution in [0.2, 0.25) is 0 Å². The summed E-state index contributed by atoms with van der Waals surface area (Å²) in [7, 11) is 1.37. The van der Waals surface area contributed by atoms with Gasteiger partial charge in [0.15, 0.2) is 0 Å². The molecule has 2 heterocycles. The molecule has 112 valence electrons. The van der Waals surface area contributed by atoms with E-state index in [1.54, 1.807) is 4.90 Å². The Labute approximate surface area is 124 Å². The van der Waals surface area contributed by atoms with Crippen LogP contribution < -0.4 is 5.32 Å². The Balaban J connectivity index is 1.83. The van der Waals surface area contributed by atoms with Gasteiger partial charge >= 0.3 is 5.97 Å². The van der Waals surface area contributed by atoms with Gasteiger partial charge in [-0.2, -0.15) is 0 Å². The summed E-state index contributed by atoms with van der Waals surface area (Å²) in [6, 6.07) is 5.43. The molecule has 1 fully saturated rings. The van der Waals surface area contributed by atoms with Gasteiger partial charge in [0.05, 0.1) is 7.11 Å². The molecule has 0 aliphatic carbocycles. The minimum absolute atomic E-state index is 0.0729. The van der Waals surface area contributed by atoms with Crippen molar-refractivity contribution in [2.45, 2.75) is 31.8 Å². The first-order valence-electron chi connectivity index (χ1n) is 7.42. The van der Waals surface area contributed by atoms with Crippen LogP contribution >= 0.6 is 0 Å². The molecule has 5 nitrogen and oxygen atoms in total. The maximum absolute atomic E-state index is 12.7. The molecule has 1 unspecified atom stereocenters. The molecule has 1 aromatic rings. The quantitative estimate of drug-likeness (QED) is 0.828. The van der Waals surface area contributed by atoms with E-state index in [0.717, 1.165) is 25.9 Å². The van der Waals surface area contributed by atoms with Crippen molar-refractivity contribution in [3.05, 3.63) is 34.9 Å². The van der Waals surface area contributed by atoms with Crippen LogP contribution in [0.15, 0.2) is 18.2 Å². The second-order valence-electron chi connectivity index (χ2n) is 5.59. The highest BCUT2D eigenvalue weighted by Gasteiger charge is 2.35. The Morgan fingerprint density at radius 3 is 3.00 bits per heavy atom. The van der Waals surface area contributed by atoms with E-state index in [4.69, 9.17) is 4.74 Å². The number of hydrogen-bond donors (Lipinski definition) is 1. The van der Waals surface area contributed by atoms with Crippen molar-refractivity contribution in [2.75, 3.05) is 20.2 Å². The van der Waals surface area contributed by atoms with Gasteiger partial charge in [0.1, 0.15) is 6.04 Å². The third-order valence-corrected chi connectivity index (χ3v) is 4.33. The van der Waals surface area contributed by atoms with Crippen molar-refractivity contribution in [1.82, 2.24) is 10.2 Å². The van der Waals surface area contributed by atoms with Crippen LogP contribution in [-0.2, 0) is 22.5 Å². The van der Waals surface area contributed by atoms with Crippen molar-refractivity contribution >= 4 is 11.9 Å². The molecule has 0 spiro atoms. The van der Waals surface area contributed by atoms with Gasteiger partial charge in [0.25, 0.3) is 5.91 Å². The lowest BCUT2D eigenvalue weighted by Crippen LogP contribution is -2.41. The fourth-order valence-electron chi connectivity index (χ4n) is 3.17. The summed E-state index contributed by atoms with van der Waals surface area (Å²) in [5.41, 5.74) is 3.14. The standard InChI is InChI=1S/C16H20N2O3/c1-21-16(20)14-3-2-8-18(14)15(19)12-5-4-11-6-7-17-10-13(11)9-12/h4-5,9,14,17H,2-3,6-8,10H2,1H3. The number of nitrogens with zero attached hydrogens (tertiary/aromatic N) is 1. The summed E-state index contributed by atoms with van der Waals surface area (Å²) in [4.78, 5) is 26.1. The first kappa shape index (κ1) is 14.1. The summed E-state index contributed by atoms with van der Waals surface area (Å²) in [6.45, 7) is 2.40. The molecule has 21 heavy (non-hydrogen) atoms. The van der Waals surface area contributed by atoms with Crippen molar-refractivity contribution in [3.63, 3.8) is 0 Å². The van der Waals surface area contributed by atoms with E-state index in [2.05, 4.69) is 5.32 Å². The molecular formula is C16H20N2O3. The fourth-order valence-corrected chi connectivity index (χ4v) is 3.17. The van der Waals surface area contributed by atoms with E-state index in [0.29, 0.717) is 18.5 Å². The number of ether oxygens (including phenoxy) is 1. The average molecular weight is 288 g/mol. The van der Waals surface area contributed by atoms with E-state index in [-0.39, 0.29) is 11.9 Å². The molecule has 0 radical (unpaired) electrons. The van der Waals surface area contributed by atoms with Crippen LogP contribution in [-0.4, -0.2) is 43.0 Å². The van der Waals surface area contributed by atoms with Gasteiger partial charge < -0.3 is 15.0 Å². The molecule has 0 bridgehead atoms. The van der Waals surface area contributed by atoms with E-state index >= 15 is 0 Å². The molecule has 1 N–H and O–H groups in total. The molecule has 1 atom stereocenters. The number of hydrogen-bond acceptors (Lipinski definition) is 4. The van der Waals surface area contributed by atoms with Gasteiger partial charge in [0, 0.05) is 18.7 Å². The predicted molar refractivity (Wildman–Crippen MR) is 77.9 cm³/mol. The normalized spacial score (nSPS) is 21.0. The summed E-state index contributed by atoms with van der Waals surface area (Å²) >= 11 is 0. The molecule has 1 amide bonds. The summed E-state index contributed by atoms with van der Waals surface area (Å²) in [5.74, 6) is -0.392. The van der Waals surface area contributed by atoms with Crippen molar-refractivity contribution in [1.29, 1.82) is 0 Å². The van der Waals surface area contributed by atoms with E-state index in [1.807, 2.05) is 18.2 Å². The fraction of sp³-hybridized carbons (Fsp3) is 0.500. The van der Waals surface area contributed by atoms with Gasteiger partial charge in [-0.15, -0.1) is 0 Å². The van der Waals surface area contributed by atoms with Crippen LogP contribution in [0.1, 0.15) is 34.3 Å². The highest BCUT2D eigenvalue weighted by Crippen LogP contribution is 2.23. The second kappa shape index (κ2) is 5.85. The predicted octanol–water partition coefficient (Wildman–Crippen LogP) is 1.11. The number of esters is 1. The van der Waals surface area contributed by atoms with Crippen LogP contribution in [0.25, 0.3) is 0 Å². The lowest BCUT2D eigenvalue weighted by Gasteiger charge is -2.24. The minimum atomic E-state index is -0.434. The zero-order valence-corrected chi connectivity index (χ0v) is 12.2. The Bertz CT molecular complexity index is 571. The Kier molecular flexibility index (Phi) is 3.92. The van der Waals surface area contributed by atoms with Crippen molar-refractivity contribution in [3.8, 4) is 0 Å². The number of nitrogens with one attached hydrogen (secondary N) is 1. The molecule has 1 saturated heterocycles. The summed E-state index contributed by atoms with van der Waals surface area (Å²) < 4.78 is 4.80. The molecule has 1 aromatic carbocycles. The maximum Gasteiger partial charge on any atom is 0.328 e. The third-order valence-electron chi connectivity index (χ3n) is 4.33. The van der Waals surface area contributed by atoms with Crippen LogP contribution in [0.3, 0.4) is 0 Å². The number of carbonyl (C=O) groups is 2. The molecule has 0 aromatic heterocycles. The molecule has 3 rings (SSSR count). The van der Waals surface area contributed by atoms with Gasteiger partial charge in [-0.25, -0.2) is 4.79 Å². The first-order chi connectivity index (χ1) is 10.2. The van der Waals surface area contributed by atoms with E-state index < -0.39 is 6.04 Å². The molecule has 2 aliphatic heterocycles. The number of methoxy groups -OCH3 is 1. The summed E-state index contributed by atoms with van der Waals surface area (Å²) in [5, 5.41) is 3.31. The van der Waals surface area contributed by atoms with Crippen molar-refractivity contribution < 1.29 is 14.3 Å². The van der Waals surface area contributed by atoms with Crippen LogP contribution in [0.5, 0.6) is 0 Å². The number of fused-ring (bicyclic) bond motifs is 1. The Hall–Kier alpha value is -1.88. The number of amides is 1. The molecule has 0 saturated carbocycles. The topological polar surface area (TPSA) is 58.6 Å². The SMILES string of the molecule is COC(=O)C1CCCN1C(=O)c1ccc2c(c1)CNCC2. The van der Waals surface area contributed by atoms with Gasteiger partial charge in [-0.3, -0.25) is 4.79 Å². The lowest BCUT2D eigenvalue weighted by atomic mass is 9.98. The maximum atomic E-state index is 12.7. The zero-order chi connectivity index (χ0) is 14.8. The van der Waals surface area contributed by atoms with Gasteiger partial charge in [0.2, 0.25) is 0 Å². The van der Waals surface area contributed by atoms with Gasteiger partial charge in [-0.1, -0.05) is 6.07 Å². The number of rotatable bonds is 2. The molecule has 5 heteroatoms. The zero-order valence-electron chi connectivity index (χ0n) is 12.2. The average Bonchev–Trinajstić information content (AvgIpc) is 3.02. The molecular weight excluding hydrogens is 268 g/mol. The number of benzene rings is 1. The van der Waals surface area contributed by atoms with Crippen LogP contribution in [0, 0.1) is 0 Å². The first-order valence-corrected chi connectivity index (χ1v) is 7.42.